The first kappa shape index (κ1) is 20.5. The highest BCUT2D eigenvalue weighted by molar-refractivity contribution is 7.98. The average Bonchev–Trinajstić information content (AvgIpc) is 2.44. The fraction of sp³-hybridized carbons (Fsp3) is 0.857. The van der Waals surface area contributed by atoms with Gasteiger partial charge in [-0.3, -0.25) is 9.59 Å². The fourth-order valence-electron chi connectivity index (χ4n) is 2.42. The van der Waals surface area contributed by atoms with Gasteiger partial charge in [0.15, 0.2) is 0 Å². The molecule has 0 aromatic rings. The minimum atomic E-state index is -0.410. The first-order valence-corrected chi connectivity index (χ1v) is 8.80. The third-order valence-electron chi connectivity index (χ3n) is 3.53. The van der Waals surface area contributed by atoms with E-state index in [9.17, 15) is 9.59 Å². The summed E-state index contributed by atoms with van der Waals surface area (Å²) in [7, 11) is 0. The van der Waals surface area contributed by atoms with Crippen LogP contribution >= 0.6 is 24.2 Å². The quantitative estimate of drug-likeness (QED) is 0.736. The van der Waals surface area contributed by atoms with Crippen molar-refractivity contribution in [2.24, 2.45) is 5.73 Å². The molecule has 1 aliphatic heterocycles. The number of amides is 2. The Labute approximate surface area is 138 Å². The van der Waals surface area contributed by atoms with E-state index in [4.69, 9.17) is 5.73 Å². The predicted octanol–water partition coefficient (Wildman–Crippen LogP) is 1.40. The summed E-state index contributed by atoms with van der Waals surface area (Å²) in [6, 6.07) is -0.327. The molecule has 2 atom stereocenters. The Morgan fingerprint density at radius 3 is 2.81 bits per heavy atom. The lowest BCUT2D eigenvalue weighted by molar-refractivity contribution is -0.135. The molecule has 2 amide bonds. The van der Waals surface area contributed by atoms with Gasteiger partial charge in [-0.1, -0.05) is 6.92 Å². The van der Waals surface area contributed by atoms with Crippen LogP contribution in [0, 0.1) is 0 Å². The molecule has 0 aromatic carbocycles. The van der Waals surface area contributed by atoms with Crippen molar-refractivity contribution in [3.63, 3.8) is 0 Å². The van der Waals surface area contributed by atoms with E-state index in [2.05, 4.69) is 5.32 Å². The Morgan fingerprint density at radius 2 is 2.19 bits per heavy atom. The van der Waals surface area contributed by atoms with Gasteiger partial charge in [-0.05, 0) is 37.7 Å². The van der Waals surface area contributed by atoms with Crippen molar-refractivity contribution < 1.29 is 9.59 Å². The molecule has 1 rings (SSSR count). The van der Waals surface area contributed by atoms with E-state index >= 15 is 0 Å². The van der Waals surface area contributed by atoms with Gasteiger partial charge in [0.25, 0.3) is 0 Å². The lowest BCUT2D eigenvalue weighted by atomic mass is 10.0. The Balaban J connectivity index is 0.00000400. The van der Waals surface area contributed by atoms with E-state index in [0.29, 0.717) is 19.4 Å². The van der Waals surface area contributed by atoms with Gasteiger partial charge in [0.2, 0.25) is 11.8 Å². The van der Waals surface area contributed by atoms with Crippen molar-refractivity contribution in [2.45, 2.75) is 51.1 Å². The first-order chi connectivity index (χ1) is 9.58. The van der Waals surface area contributed by atoms with E-state index in [1.54, 1.807) is 11.8 Å². The Hall–Kier alpha value is -0.460. The second-order valence-corrected chi connectivity index (χ2v) is 6.31. The molecule has 5 nitrogen and oxygen atoms in total. The van der Waals surface area contributed by atoms with Crippen LogP contribution in [0.1, 0.15) is 39.0 Å². The van der Waals surface area contributed by atoms with Crippen LogP contribution in [-0.4, -0.2) is 53.9 Å². The molecule has 0 bridgehead atoms. The maximum Gasteiger partial charge on any atom is 0.239 e. The van der Waals surface area contributed by atoms with E-state index in [1.807, 2.05) is 18.1 Å². The summed E-state index contributed by atoms with van der Waals surface area (Å²) in [6.45, 7) is 3.34. The standard InChI is InChI=1S/C14H27N3O2S.ClH/c1-3-5-13(18)16-11-6-4-8-17(10-11)14(19)12(15)7-9-20-2;/h11-12H,3-10,15H2,1-2H3,(H,16,18);1H/t11?,12-;/m0./s1. The lowest BCUT2D eigenvalue weighted by Gasteiger charge is -2.34. The number of nitrogens with one attached hydrogen (secondary N) is 1. The van der Waals surface area contributed by atoms with Gasteiger partial charge < -0.3 is 16.0 Å². The second kappa shape index (κ2) is 11.2. The third kappa shape index (κ3) is 7.38. The summed E-state index contributed by atoms with van der Waals surface area (Å²) in [4.78, 5) is 25.7. The summed E-state index contributed by atoms with van der Waals surface area (Å²) < 4.78 is 0. The summed E-state index contributed by atoms with van der Waals surface area (Å²) >= 11 is 1.70. The molecule has 1 unspecified atom stereocenters. The molecule has 124 valence electrons. The number of carbonyl (C=O) groups excluding carboxylic acids is 2. The zero-order valence-corrected chi connectivity index (χ0v) is 14.6. The molecule has 0 aliphatic carbocycles. The number of hydrogen-bond donors (Lipinski definition) is 2. The monoisotopic (exact) mass is 337 g/mol. The van der Waals surface area contributed by atoms with Crippen LogP contribution < -0.4 is 11.1 Å². The molecule has 0 aromatic heterocycles. The smallest absolute Gasteiger partial charge is 0.239 e. The third-order valence-corrected chi connectivity index (χ3v) is 4.17. The fourth-order valence-corrected chi connectivity index (χ4v) is 2.91. The van der Waals surface area contributed by atoms with Crippen LogP contribution in [0.15, 0.2) is 0 Å². The molecular formula is C14H28ClN3O2S. The topological polar surface area (TPSA) is 75.4 Å². The molecule has 1 heterocycles. The van der Waals surface area contributed by atoms with Crippen molar-refractivity contribution in [1.82, 2.24) is 10.2 Å². The van der Waals surface area contributed by atoms with Crippen LogP contribution in [-0.2, 0) is 9.59 Å². The van der Waals surface area contributed by atoms with Crippen molar-refractivity contribution in [2.75, 3.05) is 25.1 Å². The minimum absolute atomic E-state index is 0. The van der Waals surface area contributed by atoms with Crippen LogP contribution in [0.25, 0.3) is 0 Å². The number of halogens is 1. The van der Waals surface area contributed by atoms with Crippen LogP contribution in [0.5, 0.6) is 0 Å². The van der Waals surface area contributed by atoms with E-state index in [1.165, 1.54) is 0 Å². The van der Waals surface area contributed by atoms with Crippen LogP contribution in [0.2, 0.25) is 0 Å². The number of hydrogen-bond acceptors (Lipinski definition) is 4. The van der Waals surface area contributed by atoms with Crippen LogP contribution in [0.4, 0.5) is 0 Å². The summed E-state index contributed by atoms with van der Waals surface area (Å²) in [6.07, 6.45) is 6.00. The van der Waals surface area contributed by atoms with Crippen molar-refractivity contribution in [3.8, 4) is 0 Å². The number of thioether (sulfide) groups is 1. The molecule has 1 saturated heterocycles. The van der Waals surface area contributed by atoms with Gasteiger partial charge in [0.05, 0.1) is 6.04 Å². The lowest BCUT2D eigenvalue weighted by Crippen LogP contribution is -2.53. The largest absolute Gasteiger partial charge is 0.352 e. The minimum Gasteiger partial charge on any atom is -0.352 e. The molecule has 1 aliphatic rings. The zero-order chi connectivity index (χ0) is 15.0. The summed E-state index contributed by atoms with van der Waals surface area (Å²) in [5.74, 6) is 1.00. The highest BCUT2D eigenvalue weighted by atomic mass is 35.5. The molecule has 1 fully saturated rings. The van der Waals surface area contributed by atoms with Gasteiger partial charge in [-0.2, -0.15) is 11.8 Å². The van der Waals surface area contributed by atoms with Crippen LogP contribution in [0.3, 0.4) is 0 Å². The Kier molecular flexibility index (Phi) is 10.9. The number of carbonyl (C=O) groups is 2. The maximum atomic E-state index is 12.2. The van der Waals surface area contributed by atoms with Gasteiger partial charge in [-0.15, -0.1) is 12.4 Å². The van der Waals surface area contributed by atoms with E-state index in [0.717, 1.165) is 31.6 Å². The maximum absolute atomic E-state index is 12.2. The van der Waals surface area contributed by atoms with Gasteiger partial charge >= 0.3 is 0 Å². The molecule has 21 heavy (non-hydrogen) atoms. The Bertz CT molecular complexity index is 331. The number of likely N-dealkylation sites (tertiary alicyclic amines) is 1. The van der Waals surface area contributed by atoms with Gasteiger partial charge in [0.1, 0.15) is 0 Å². The number of nitrogens with zero attached hydrogens (tertiary/aromatic N) is 1. The number of rotatable bonds is 7. The highest BCUT2D eigenvalue weighted by Crippen LogP contribution is 2.12. The molecule has 0 spiro atoms. The molecule has 3 N–H and O–H groups in total. The average molecular weight is 338 g/mol. The molecule has 0 radical (unpaired) electrons. The molecular weight excluding hydrogens is 310 g/mol. The summed E-state index contributed by atoms with van der Waals surface area (Å²) in [5, 5.41) is 3.01. The second-order valence-electron chi connectivity index (χ2n) is 5.33. The first-order valence-electron chi connectivity index (χ1n) is 7.41. The number of piperidine rings is 1. The van der Waals surface area contributed by atoms with Crippen molar-refractivity contribution in [1.29, 1.82) is 0 Å². The predicted molar refractivity (Wildman–Crippen MR) is 90.9 cm³/mol. The normalized spacial score (nSPS) is 19.6. The zero-order valence-electron chi connectivity index (χ0n) is 13.0. The highest BCUT2D eigenvalue weighted by Gasteiger charge is 2.27. The Morgan fingerprint density at radius 1 is 1.48 bits per heavy atom. The van der Waals surface area contributed by atoms with E-state index < -0.39 is 6.04 Å². The van der Waals surface area contributed by atoms with Gasteiger partial charge in [0, 0.05) is 25.6 Å². The van der Waals surface area contributed by atoms with Crippen molar-refractivity contribution >= 4 is 36.0 Å². The molecule has 0 saturated carbocycles. The van der Waals surface area contributed by atoms with E-state index in [-0.39, 0.29) is 30.3 Å². The van der Waals surface area contributed by atoms with Gasteiger partial charge in [-0.25, -0.2) is 0 Å². The molecule has 7 heteroatoms. The number of nitrogens with two attached hydrogens (primary N) is 1. The summed E-state index contributed by atoms with van der Waals surface area (Å²) in [5.41, 5.74) is 5.94. The van der Waals surface area contributed by atoms with Crippen molar-refractivity contribution in [3.05, 3.63) is 0 Å². The SMILES string of the molecule is CCCC(=O)NC1CCCN(C(=O)[C@@H](N)CCSC)C1.Cl.